The molecular weight excluding hydrogens is 480 g/mol. The number of ether oxygens (including phenoxy) is 1. The summed E-state index contributed by atoms with van der Waals surface area (Å²) in [5.41, 5.74) is 3.02. The van der Waals surface area contributed by atoms with Gasteiger partial charge in [0.2, 0.25) is 0 Å². The minimum Gasteiger partial charge on any atom is -0.488 e. The van der Waals surface area contributed by atoms with Gasteiger partial charge in [0.15, 0.2) is 11.4 Å². The standard InChI is InChI=1S/C29H40N6O3/c1-6-23-24(32-28(36)21-11-8-7-9-12-21)19-22-26(38-20(2)3)25(34(5)27(22)31-23)29(37)30-13-10-14-35-17-15-33(4)16-18-35/h7-9,11-12,19-20H,6,10,13-18H2,1-5H3,(H,30,37)(H,32,36). The first-order valence-corrected chi connectivity index (χ1v) is 13.5. The molecule has 0 spiro atoms. The average molecular weight is 521 g/mol. The molecule has 2 aromatic heterocycles. The average Bonchev–Trinajstić information content (AvgIpc) is 3.17. The molecule has 4 rings (SSSR count). The molecule has 1 aromatic carbocycles. The molecule has 0 radical (unpaired) electrons. The predicted molar refractivity (Wildman–Crippen MR) is 151 cm³/mol. The molecular formula is C29H40N6O3. The van der Waals surface area contributed by atoms with E-state index in [-0.39, 0.29) is 17.9 Å². The summed E-state index contributed by atoms with van der Waals surface area (Å²) in [5, 5.41) is 6.79. The van der Waals surface area contributed by atoms with Gasteiger partial charge in [-0.3, -0.25) is 9.59 Å². The van der Waals surface area contributed by atoms with Crippen LogP contribution in [0.3, 0.4) is 0 Å². The van der Waals surface area contributed by atoms with E-state index in [4.69, 9.17) is 9.72 Å². The van der Waals surface area contributed by atoms with E-state index in [0.717, 1.165) is 44.8 Å². The molecule has 0 unspecified atom stereocenters. The Kier molecular flexibility index (Phi) is 9.01. The normalized spacial score (nSPS) is 14.7. The molecule has 1 saturated heterocycles. The van der Waals surface area contributed by atoms with Gasteiger partial charge in [0, 0.05) is 45.3 Å². The summed E-state index contributed by atoms with van der Waals surface area (Å²) in [6, 6.07) is 11.0. The first kappa shape index (κ1) is 27.6. The van der Waals surface area contributed by atoms with Crippen molar-refractivity contribution < 1.29 is 14.3 Å². The summed E-state index contributed by atoms with van der Waals surface area (Å²) in [7, 11) is 3.99. The highest BCUT2D eigenvalue weighted by atomic mass is 16.5. The number of carbonyl (C=O) groups is 2. The fourth-order valence-corrected chi connectivity index (χ4v) is 4.78. The summed E-state index contributed by atoms with van der Waals surface area (Å²) in [6.45, 7) is 11.7. The Bertz CT molecular complexity index is 1260. The smallest absolute Gasteiger partial charge is 0.271 e. The number of hydrogen-bond donors (Lipinski definition) is 2. The van der Waals surface area contributed by atoms with Crippen LogP contribution in [0, 0.1) is 0 Å². The fraction of sp³-hybridized carbons (Fsp3) is 0.483. The SMILES string of the molecule is CCc1nc2c(cc1NC(=O)c1ccccc1)c(OC(C)C)c(C(=O)NCCCN1CCN(C)CC1)n2C. The number of aromatic nitrogens is 2. The third-order valence-corrected chi connectivity index (χ3v) is 6.91. The number of nitrogens with zero attached hydrogens (tertiary/aromatic N) is 4. The Balaban J connectivity index is 1.57. The molecule has 0 aliphatic carbocycles. The Labute approximate surface area is 225 Å². The second-order valence-corrected chi connectivity index (χ2v) is 10.2. The Morgan fingerprint density at radius 2 is 1.76 bits per heavy atom. The Morgan fingerprint density at radius 1 is 1.05 bits per heavy atom. The highest BCUT2D eigenvalue weighted by Gasteiger charge is 2.26. The van der Waals surface area contributed by atoms with Crippen LogP contribution in [0.2, 0.25) is 0 Å². The second-order valence-electron chi connectivity index (χ2n) is 10.2. The lowest BCUT2D eigenvalue weighted by molar-refractivity contribution is 0.0934. The maximum Gasteiger partial charge on any atom is 0.271 e. The number of nitrogens with one attached hydrogen (secondary N) is 2. The minimum atomic E-state index is -0.206. The number of hydrogen-bond acceptors (Lipinski definition) is 6. The molecule has 1 aliphatic rings. The highest BCUT2D eigenvalue weighted by molar-refractivity contribution is 6.07. The number of amides is 2. The first-order valence-electron chi connectivity index (χ1n) is 13.5. The first-order chi connectivity index (χ1) is 18.3. The van der Waals surface area contributed by atoms with Crippen molar-refractivity contribution in [2.24, 2.45) is 7.05 Å². The lowest BCUT2D eigenvalue weighted by Crippen LogP contribution is -2.45. The molecule has 2 N–H and O–H groups in total. The molecule has 0 bridgehead atoms. The summed E-state index contributed by atoms with van der Waals surface area (Å²) < 4.78 is 7.98. The van der Waals surface area contributed by atoms with E-state index in [0.29, 0.717) is 46.7 Å². The summed E-state index contributed by atoms with van der Waals surface area (Å²) in [6.07, 6.45) is 1.37. The van der Waals surface area contributed by atoms with E-state index in [1.807, 2.05) is 52.1 Å². The zero-order chi connectivity index (χ0) is 27.2. The van der Waals surface area contributed by atoms with Crippen LogP contribution in [0.25, 0.3) is 11.0 Å². The van der Waals surface area contributed by atoms with Gasteiger partial charge in [0.25, 0.3) is 11.8 Å². The van der Waals surface area contributed by atoms with Gasteiger partial charge in [-0.2, -0.15) is 0 Å². The number of benzene rings is 1. The Hall–Kier alpha value is -3.43. The number of piperazine rings is 1. The quantitative estimate of drug-likeness (QED) is 0.398. The van der Waals surface area contributed by atoms with Crippen LogP contribution in [0.15, 0.2) is 36.4 Å². The van der Waals surface area contributed by atoms with E-state index < -0.39 is 0 Å². The molecule has 204 valence electrons. The monoisotopic (exact) mass is 520 g/mol. The van der Waals surface area contributed by atoms with Crippen LogP contribution in [0.4, 0.5) is 5.69 Å². The van der Waals surface area contributed by atoms with Crippen LogP contribution in [0.5, 0.6) is 5.75 Å². The second kappa shape index (κ2) is 12.4. The molecule has 3 aromatic rings. The molecule has 0 saturated carbocycles. The molecule has 2 amide bonds. The third kappa shape index (κ3) is 6.34. The van der Waals surface area contributed by atoms with E-state index >= 15 is 0 Å². The van der Waals surface area contributed by atoms with Crippen molar-refractivity contribution in [3.8, 4) is 5.75 Å². The topological polar surface area (TPSA) is 91.7 Å². The molecule has 38 heavy (non-hydrogen) atoms. The predicted octanol–water partition coefficient (Wildman–Crippen LogP) is 3.54. The van der Waals surface area contributed by atoms with Gasteiger partial charge in [-0.05, 0) is 58.5 Å². The van der Waals surface area contributed by atoms with Gasteiger partial charge in [0.1, 0.15) is 5.65 Å². The van der Waals surface area contributed by atoms with E-state index in [1.54, 1.807) is 16.7 Å². The van der Waals surface area contributed by atoms with Crippen LogP contribution < -0.4 is 15.4 Å². The van der Waals surface area contributed by atoms with E-state index in [1.165, 1.54) is 0 Å². The van der Waals surface area contributed by atoms with Crippen LogP contribution in [-0.4, -0.2) is 83.6 Å². The van der Waals surface area contributed by atoms with Gasteiger partial charge in [-0.15, -0.1) is 0 Å². The van der Waals surface area contributed by atoms with Gasteiger partial charge in [0.05, 0.1) is 22.9 Å². The largest absolute Gasteiger partial charge is 0.488 e. The van der Waals surface area contributed by atoms with Crippen molar-refractivity contribution in [2.75, 3.05) is 51.6 Å². The number of pyridine rings is 1. The van der Waals surface area contributed by atoms with Gasteiger partial charge < -0.3 is 29.7 Å². The van der Waals surface area contributed by atoms with Crippen molar-refractivity contribution in [1.82, 2.24) is 24.7 Å². The van der Waals surface area contributed by atoms with Crippen molar-refractivity contribution in [2.45, 2.75) is 39.7 Å². The molecule has 1 fully saturated rings. The zero-order valence-corrected chi connectivity index (χ0v) is 23.2. The number of aryl methyl sites for hydroxylation is 2. The van der Waals surface area contributed by atoms with Gasteiger partial charge in [-0.25, -0.2) is 4.98 Å². The van der Waals surface area contributed by atoms with Crippen molar-refractivity contribution >= 4 is 28.5 Å². The van der Waals surface area contributed by atoms with E-state index in [2.05, 4.69) is 27.5 Å². The van der Waals surface area contributed by atoms with Crippen LogP contribution >= 0.6 is 0 Å². The fourth-order valence-electron chi connectivity index (χ4n) is 4.78. The maximum atomic E-state index is 13.4. The lowest BCUT2D eigenvalue weighted by atomic mass is 10.1. The van der Waals surface area contributed by atoms with Crippen LogP contribution in [0.1, 0.15) is 53.7 Å². The van der Waals surface area contributed by atoms with Gasteiger partial charge in [-0.1, -0.05) is 25.1 Å². The highest BCUT2D eigenvalue weighted by Crippen LogP contribution is 2.35. The summed E-state index contributed by atoms with van der Waals surface area (Å²) >= 11 is 0. The van der Waals surface area contributed by atoms with Crippen LogP contribution in [-0.2, 0) is 13.5 Å². The molecule has 9 heteroatoms. The number of fused-ring (bicyclic) bond motifs is 1. The van der Waals surface area contributed by atoms with Gasteiger partial charge >= 0.3 is 0 Å². The summed E-state index contributed by atoms with van der Waals surface area (Å²) in [5.74, 6) is 0.0916. The lowest BCUT2D eigenvalue weighted by Gasteiger charge is -2.32. The van der Waals surface area contributed by atoms with Crippen molar-refractivity contribution in [3.63, 3.8) is 0 Å². The number of likely N-dealkylation sites (N-methyl/N-ethyl adjacent to an activating group) is 1. The maximum absolute atomic E-state index is 13.4. The zero-order valence-electron chi connectivity index (χ0n) is 23.2. The minimum absolute atomic E-state index is 0.141. The number of anilines is 1. The molecule has 1 aliphatic heterocycles. The number of rotatable bonds is 10. The van der Waals surface area contributed by atoms with Crippen molar-refractivity contribution in [1.29, 1.82) is 0 Å². The number of carbonyl (C=O) groups excluding carboxylic acids is 2. The molecule has 3 heterocycles. The van der Waals surface area contributed by atoms with E-state index in [9.17, 15) is 9.59 Å². The summed E-state index contributed by atoms with van der Waals surface area (Å²) in [4.78, 5) is 35.9. The van der Waals surface area contributed by atoms with Crippen molar-refractivity contribution in [3.05, 3.63) is 53.3 Å². The molecule has 9 nitrogen and oxygen atoms in total. The third-order valence-electron chi connectivity index (χ3n) is 6.91. The molecule has 0 atom stereocenters. The Morgan fingerprint density at radius 3 is 2.42 bits per heavy atom.